The van der Waals surface area contributed by atoms with Crippen molar-refractivity contribution in [1.29, 1.82) is 0 Å². The van der Waals surface area contributed by atoms with Crippen LogP contribution in [0.5, 0.6) is 5.75 Å². The fourth-order valence-corrected chi connectivity index (χ4v) is 3.95. The van der Waals surface area contributed by atoms with E-state index in [2.05, 4.69) is 5.32 Å². The second kappa shape index (κ2) is 11.7. The summed E-state index contributed by atoms with van der Waals surface area (Å²) in [6.07, 6.45) is -3.75. The highest BCUT2D eigenvalue weighted by molar-refractivity contribution is 5.95. The highest BCUT2D eigenvalue weighted by Gasteiger charge is 2.32. The first-order valence-corrected chi connectivity index (χ1v) is 12.4. The zero-order valence-corrected chi connectivity index (χ0v) is 22.1. The number of halogens is 3. The number of rotatable bonds is 9. The summed E-state index contributed by atoms with van der Waals surface area (Å²) in [7, 11) is 0. The van der Waals surface area contributed by atoms with Crippen molar-refractivity contribution < 1.29 is 32.2 Å². The van der Waals surface area contributed by atoms with E-state index in [1.807, 2.05) is 26.0 Å². The first kappa shape index (κ1) is 28.8. The number of esters is 1. The minimum Gasteiger partial charge on any atom is -0.476 e. The molecule has 0 heterocycles. The number of carbonyl (C=O) groups is 2. The summed E-state index contributed by atoms with van der Waals surface area (Å²) in [6, 6.07) is 16.9. The van der Waals surface area contributed by atoms with Crippen molar-refractivity contribution >= 4 is 11.9 Å². The Bertz CT molecular complexity index is 1270. The maximum Gasteiger partial charge on any atom is 0.416 e. The maximum atomic E-state index is 13.0. The molecule has 8 heteroatoms. The first-order valence-electron chi connectivity index (χ1n) is 12.4. The van der Waals surface area contributed by atoms with Crippen LogP contribution >= 0.6 is 0 Å². The van der Waals surface area contributed by atoms with Crippen LogP contribution < -0.4 is 10.1 Å². The number of hydrogen-bond donors (Lipinski definition) is 1. The number of aryl methyl sites for hydroxylation is 1. The molecule has 1 unspecified atom stereocenters. The van der Waals surface area contributed by atoms with Gasteiger partial charge in [-0.1, -0.05) is 43.3 Å². The van der Waals surface area contributed by atoms with Gasteiger partial charge in [0.15, 0.2) is 5.60 Å². The molecule has 3 aromatic rings. The molecule has 1 atom stereocenters. The largest absolute Gasteiger partial charge is 0.476 e. The minimum absolute atomic E-state index is 0.261. The third-order valence-corrected chi connectivity index (χ3v) is 6.14. The average molecular weight is 528 g/mol. The van der Waals surface area contributed by atoms with Gasteiger partial charge >= 0.3 is 12.1 Å². The molecule has 0 aliphatic heterocycles. The smallest absolute Gasteiger partial charge is 0.416 e. The van der Waals surface area contributed by atoms with Crippen molar-refractivity contribution in [2.45, 2.75) is 58.9 Å². The summed E-state index contributed by atoms with van der Waals surface area (Å²) in [5, 5.41) is 3.03. The molecule has 3 aromatic carbocycles. The number of alkyl halides is 3. The molecule has 0 aliphatic carbocycles. The van der Waals surface area contributed by atoms with Gasteiger partial charge in [-0.15, -0.1) is 0 Å². The molecular weight excluding hydrogens is 495 g/mol. The molecule has 5 nitrogen and oxygen atoms in total. The van der Waals surface area contributed by atoms with Crippen LogP contribution in [-0.4, -0.2) is 24.1 Å². The van der Waals surface area contributed by atoms with Crippen molar-refractivity contribution in [2.24, 2.45) is 0 Å². The fourth-order valence-electron chi connectivity index (χ4n) is 3.95. The molecule has 38 heavy (non-hydrogen) atoms. The summed E-state index contributed by atoms with van der Waals surface area (Å²) >= 11 is 0. The molecule has 202 valence electrons. The lowest BCUT2D eigenvalue weighted by Crippen LogP contribution is -2.40. The molecule has 0 aliphatic rings. The third-order valence-electron chi connectivity index (χ3n) is 6.14. The van der Waals surface area contributed by atoms with Crippen LogP contribution in [0.15, 0.2) is 66.7 Å². The number of benzene rings is 3. The summed E-state index contributed by atoms with van der Waals surface area (Å²) < 4.78 is 49.4. The Balaban J connectivity index is 1.70. The van der Waals surface area contributed by atoms with Crippen LogP contribution in [0.2, 0.25) is 0 Å². The Morgan fingerprint density at radius 1 is 0.895 bits per heavy atom. The van der Waals surface area contributed by atoms with Crippen molar-refractivity contribution in [3.8, 4) is 16.9 Å². The molecule has 0 bridgehead atoms. The van der Waals surface area contributed by atoms with Gasteiger partial charge < -0.3 is 14.8 Å². The quantitative estimate of drug-likeness (QED) is 0.297. The van der Waals surface area contributed by atoms with Crippen LogP contribution in [0.25, 0.3) is 11.1 Å². The fraction of sp³-hybridized carbons (Fsp3) is 0.333. The Morgan fingerprint density at radius 3 is 1.97 bits per heavy atom. The molecule has 0 saturated carbocycles. The normalized spacial score (nSPS) is 12.5. The molecule has 1 N–H and O–H groups in total. The molecule has 3 rings (SSSR count). The van der Waals surface area contributed by atoms with Gasteiger partial charge in [0, 0.05) is 5.56 Å². The van der Waals surface area contributed by atoms with E-state index < -0.39 is 23.3 Å². The average Bonchev–Trinajstić information content (AvgIpc) is 2.88. The van der Waals surface area contributed by atoms with Crippen LogP contribution in [0.4, 0.5) is 13.2 Å². The Hall–Kier alpha value is -3.81. The van der Waals surface area contributed by atoms with Gasteiger partial charge in [0.25, 0.3) is 5.91 Å². The molecule has 0 radical (unpaired) electrons. The molecule has 0 fully saturated rings. The second-order valence-electron chi connectivity index (χ2n) is 9.44. The van der Waals surface area contributed by atoms with Crippen molar-refractivity contribution in [1.82, 2.24) is 5.32 Å². The van der Waals surface area contributed by atoms with Gasteiger partial charge in [-0.3, -0.25) is 4.79 Å². The highest BCUT2D eigenvalue weighted by atomic mass is 19.4. The van der Waals surface area contributed by atoms with Crippen LogP contribution in [0, 0.1) is 6.92 Å². The second-order valence-corrected chi connectivity index (χ2v) is 9.44. The Labute approximate surface area is 221 Å². The zero-order chi connectivity index (χ0) is 28.1. The Kier molecular flexibility index (Phi) is 8.86. The van der Waals surface area contributed by atoms with Crippen molar-refractivity contribution in [2.75, 3.05) is 6.61 Å². The van der Waals surface area contributed by atoms with E-state index in [1.165, 1.54) is 12.1 Å². The number of carbonyl (C=O) groups excluding carboxylic acids is 2. The predicted molar refractivity (Wildman–Crippen MR) is 140 cm³/mol. The zero-order valence-electron chi connectivity index (χ0n) is 22.1. The first-order chi connectivity index (χ1) is 17.9. The van der Waals surface area contributed by atoms with Gasteiger partial charge in [-0.05, 0) is 86.7 Å². The van der Waals surface area contributed by atoms with Crippen LogP contribution in [-0.2, 0) is 15.7 Å². The summed E-state index contributed by atoms with van der Waals surface area (Å²) in [5.41, 5.74) is 1.62. The lowest BCUT2D eigenvalue weighted by Gasteiger charge is -2.26. The molecule has 0 saturated heterocycles. The van der Waals surface area contributed by atoms with Crippen LogP contribution in [0.3, 0.4) is 0 Å². The number of hydrogen-bond acceptors (Lipinski definition) is 4. The molecular formula is C30H32F3NO4. The minimum atomic E-state index is -4.39. The van der Waals surface area contributed by atoms with Crippen molar-refractivity contribution in [3.63, 3.8) is 0 Å². The van der Waals surface area contributed by atoms with Gasteiger partial charge in [-0.25, -0.2) is 4.79 Å². The predicted octanol–water partition coefficient (Wildman–Crippen LogP) is 7.28. The number of amides is 1. The van der Waals surface area contributed by atoms with E-state index in [4.69, 9.17) is 9.47 Å². The summed E-state index contributed by atoms with van der Waals surface area (Å²) in [6.45, 7) is 9.13. The van der Waals surface area contributed by atoms with Gasteiger partial charge in [-0.2, -0.15) is 13.2 Å². The van der Waals surface area contributed by atoms with Crippen LogP contribution in [0.1, 0.15) is 67.2 Å². The highest BCUT2D eigenvalue weighted by Crippen LogP contribution is 2.31. The molecule has 1 amide bonds. The topological polar surface area (TPSA) is 64.6 Å². The van der Waals surface area contributed by atoms with Gasteiger partial charge in [0.05, 0.1) is 18.2 Å². The SMILES string of the molecule is CCOC(=O)C(C)(C)Oc1ccc(C(CC)NC(=O)c2ccc(-c3ccc(C(F)(F)F)cc3)cc2)cc1C. The standard InChI is InChI=1S/C30H32F3NO4/c1-6-25(23-14-17-26(19(3)18-23)38-29(4,5)28(36)37-7-2)34-27(35)22-10-8-20(9-11-22)21-12-15-24(16-13-21)30(31,32)33/h8-18,25H,6-7H2,1-5H3,(H,34,35). The third kappa shape index (κ3) is 6.94. The van der Waals surface area contributed by atoms with E-state index in [9.17, 15) is 22.8 Å². The van der Waals surface area contributed by atoms with E-state index in [-0.39, 0.29) is 18.6 Å². The lowest BCUT2D eigenvalue weighted by atomic mass is 10.00. The summed E-state index contributed by atoms with van der Waals surface area (Å²) in [5.74, 6) is -0.171. The van der Waals surface area contributed by atoms with E-state index in [0.717, 1.165) is 23.3 Å². The lowest BCUT2D eigenvalue weighted by molar-refractivity contribution is -0.158. The molecule has 0 spiro atoms. The molecule has 0 aromatic heterocycles. The van der Waals surface area contributed by atoms with E-state index >= 15 is 0 Å². The number of nitrogens with one attached hydrogen (secondary N) is 1. The summed E-state index contributed by atoms with van der Waals surface area (Å²) in [4.78, 5) is 25.1. The van der Waals surface area contributed by atoms with E-state index in [1.54, 1.807) is 51.1 Å². The van der Waals surface area contributed by atoms with Crippen molar-refractivity contribution in [3.05, 3.63) is 89.0 Å². The maximum absolute atomic E-state index is 13.0. The Morgan fingerprint density at radius 2 is 1.47 bits per heavy atom. The monoisotopic (exact) mass is 527 g/mol. The van der Waals surface area contributed by atoms with Gasteiger partial charge in [0.2, 0.25) is 0 Å². The van der Waals surface area contributed by atoms with E-state index in [0.29, 0.717) is 28.9 Å². The number of ether oxygens (including phenoxy) is 2. The van der Waals surface area contributed by atoms with Gasteiger partial charge in [0.1, 0.15) is 5.75 Å².